The second-order valence-electron chi connectivity index (χ2n) is 1.26. The highest BCUT2D eigenvalue weighted by Gasteiger charge is 1.77. The highest BCUT2D eigenvalue weighted by atomic mass is 15.4. The Morgan fingerprint density at radius 1 is 1.50 bits per heavy atom. The van der Waals surface area contributed by atoms with E-state index in [9.17, 15) is 0 Å². The Hall–Kier alpha value is -0.900. The topological polar surface area (TPSA) is 62.1 Å². The first-order valence-corrected chi connectivity index (χ1v) is 2.37. The quantitative estimate of drug-likeness (QED) is 0.346. The fourth-order valence-corrected chi connectivity index (χ4v) is 0.336. The zero-order chi connectivity index (χ0) is 6.41. The van der Waals surface area contributed by atoms with Crippen LogP contribution in [0.2, 0.25) is 0 Å². The van der Waals surface area contributed by atoms with Crippen LogP contribution in [0.25, 0.3) is 0 Å². The summed E-state index contributed by atoms with van der Waals surface area (Å²) in [6, 6.07) is 0. The van der Waals surface area contributed by atoms with Crippen LogP contribution in [0.4, 0.5) is 0 Å². The van der Waals surface area contributed by atoms with Gasteiger partial charge in [-0.15, -0.1) is 0 Å². The molecule has 0 saturated heterocycles. The van der Waals surface area contributed by atoms with E-state index in [1.807, 2.05) is 0 Å². The summed E-state index contributed by atoms with van der Waals surface area (Å²) in [6.07, 6.45) is 1.65. The van der Waals surface area contributed by atoms with Gasteiger partial charge in [0.1, 0.15) is 5.82 Å². The first-order chi connectivity index (χ1) is 3.81. The lowest BCUT2D eigenvalue weighted by Crippen LogP contribution is -2.31. The average molecular weight is 116 g/mol. The molecule has 0 aliphatic carbocycles. The van der Waals surface area contributed by atoms with Crippen LogP contribution >= 0.6 is 0 Å². The normalized spacial score (nSPS) is 11.0. The van der Waals surface area contributed by atoms with Crippen LogP contribution in [0.15, 0.2) is 12.0 Å². The van der Waals surface area contributed by atoms with E-state index in [0.717, 1.165) is 0 Å². The number of hydrogen-bond donors (Lipinski definition) is 4. The molecular formula is C4H12N4. The molecule has 4 heteroatoms. The number of hydrogen-bond acceptors (Lipinski definition) is 4. The van der Waals surface area contributed by atoms with Gasteiger partial charge in [0, 0.05) is 20.3 Å². The van der Waals surface area contributed by atoms with Gasteiger partial charge in [-0.05, 0) is 0 Å². The van der Waals surface area contributed by atoms with Crippen LogP contribution in [0.3, 0.4) is 0 Å². The van der Waals surface area contributed by atoms with Crippen LogP contribution in [0, 0.1) is 0 Å². The fraction of sp³-hybridized carbons (Fsp3) is 0.500. The highest BCUT2D eigenvalue weighted by molar-refractivity contribution is 4.88. The van der Waals surface area contributed by atoms with Crippen LogP contribution in [-0.4, -0.2) is 14.1 Å². The molecule has 0 fully saturated rings. The van der Waals surface area contributed by atoms with E-state index in [2.05, 4.69) is 16.2 Å². The van der Waals surface area contributed by atoms with E-state index in [1.165, 1.54) is 0 Å². The Bertz CT molecular complexity index is 78.1. The van der Waals surface area contributed by atoms with E-state index < -0.39 is 0 Å². The zero-order valence-corrected chi connectivity index (χ0v) is 5.15. The monoisotopic (exact) mass is 116 g/mol. The number of nitrogens with one attached hydrogen (secondary N) is 3. The molecule has 0 aromatic carbocycles. The molecule has 0 unspecified atom stereocenters. The first-order valence-electron chi connectivity index (χ1n) is 2.37. The smallest absolute Gasteiger partial charge is 0.127 e. The molecule has 5 N–H and O–H groups in total. The molecule has 0 spiro atoms. The third kappa shape index (κ3) is 3.30. The third-order valence-corrected chi connectivity index (χ3v) is 0.569. The van der Waals surface area contributed by atoms with Gasteiger partial charge in [0.25, 0.3) is 0 Å². The zero-order valence-electron chi connectivity index (χ0n) is 5.15. The Morgan fingerprint density at radius 2 is 2.12 bits per heavy atom. The lowest BCUT2D eigenvalue weighted by Gasteiger charge is -2.01. The van der Waals surface area contributed by atoms with Crippen molar-refractivity contribution >= 4 is 0 Å². The Labute approximate surface area is 49.1 Å². The van der Waals surface area contributed by atoms with Crippen molar-refractivity contribution in [1.29, 1.82) is 0 Å². The SMILES string of the molecule is CN/C=C(/N)NNC. The third-order valence-electron chi connectivity index (χ3n) is 0.569. The van der Waals surface area contributed by atoms with Crippen LogP contribution in [-0.2, 0) is 0 Å². The second kappa shape index (κ2) is 4.26. The van der Waals surface area contributed by atoms with Crippen molar-refractivity contribution in [2.75, 3.05) is 14.1 Å². The lowest BCUT2D eigenvalue weighted by molar-refractivity contribution is 0.675. The van der Waals surface area contributed by atoms with Gasteiger partial charge in [0.15, 0.2) is 0 Å². The van der Waals surface area contributed by atoms with Crippen molar-refractivity contribution in [3.8, 4) is 0 Å². The van der Waals surface area contributed by atoms with Crippen molar-refractivity contribution in [3.63, 3.8) is 0 Å². The molecule has 48 valence electrons. The maximum absolute atomic E-state index is 5.32. The Morgan fingerprint density at radius 3 is 2.50 bits per heavy atom. The predicted octanol–water partition coefficient (Wildman–Crippen LogP) is -1.31. The minimum Gasteiger partial charge on any atom is -0.391 e. The lowest BCUT2D eigenvalue weighted by atomic mass is 10.8. The van der Waals surface area contributed by atoms with Crippen molar-refractivity contribution in [2.24, 2.45) is 5.73 Å². The largest absolute Gasteiger partial charge is 0.391 e. The summed E-state index contributed by atoms with van der Waals surface area (Å²) in [5.41, 5.74) is 10.7. The predicted molar refractivity (Wildman–Crippen MR) is 33.5 cm³/mol. The maximum atomic E-state index is 5.32. The molecular weight excluding hydrogens is 104 g/mol. The first kappa shape index (κ1) is 7.10. The summed E-state index contributed by atoms with van der Waals surface area (Å²) >= 11 is 0. The summed E-state index contributed by atoms with van der Waals surface area (Å²) in [4.78, 5) is 0. The number of nitrogens with two attached hydrogens (primary N) is 1. The van der Waals surface area contributed by atoms with Crippen molar-refractivity contribution < 1.29 is 0 Å². The van der Waals surface area contributed by atoms with Gasteiger partial charge in [0.05, 0.1) is 0 Å². The number of rotatable bonds is 3. The molecule has 0 heterocycles. The van der Waals surface area contributed by atoms with E-state index >= 15 is 0 Å². The van der Waals surface area contributed by atoms with Crippen LogP contribution < -0.4 is 21.9 Å². The fourth-order valence-electron chi connectivity index (χ4n) is 0.336. The standard InChI is InChI=1S/C4H12N4/c1-6-3-4(5)8-7-2/h3,6-8H,5H2,1-2H3/b4-3-. The molecule has 0 atom stereocenters. The molecule has 0 aromatic heterocycles. The van der Waals surface area contributed by atoms with Gasteiger partial charge in [-0.1, -0.05) is 0 Å². The molecule has 0 bridgehead atoms. The number of hydrazine groups is 1. The van der Waals surface area contributed by atoms with Crippen LogP contribution in [0.1, 0.15) is 0 Å². The minimum atomic E-state index is 0.565. The van der Waals surface area contributed by atoms with E-state index in [0.29, 0.717) is 5.82 Å². The molecule has 4 nitrogen and oxygen atoms in total. The Kier molecular flexibility index (Phi) is 3.78. The van der Waals surface area contributed by atoms with Gasteiger partial charge in [0.2, 0.25) is 0 Å². The van der Waals surface area contributed by atoms with E-state index in [4.69, 9.17) is 5.73 Å². The molecule has 0 amide bonds. The summed E-state index contributed by atoms with van der Waals surface area (Å²) in [5, 5.41) is 2.76. The van der Waals surface area contributed by atoms with Gasteiger partial charge in [-0.3, -0.25) is 0 Å². The minimum absolute atomic E-state index is 0.565. The molecule has 0 aliphatic rings. The maximum Gasteiger partial charge on any atom is 0.127 e. The van der Waals surface area contributed by atoms with Crippen LogP contribution in [0.5, 0.6) is 0 Å². The molecule has 0 saturated carbocycles. The van der Waals surface area contributed by atoms with Gasteiger partial charge in [-0.25, -0.2) is 5.43 Å². The van der Waals surface area contributed by atoms with Crippen molar-refractivity contribution in [1.82, 2.24) is 16.2 Å². The van der Waals surface area contributed by atoms with Gasteiger partial charge in [-0.2, -0.15) is 0 Å². The van der Waals surface area contributed by atoms with Crippen molar-refractivity contribution in [3.05, 3.63) is 12.0 Å². The van der Waals surface area contributed by atoms with Gasteiger partial charge < -0.3 is 16.5 Å². The Balaban J connectivity index is 3.29. The van der Waals surface area contributed by atoms with E-state index in [-0.39, 0.29) is 0 Å². The van der Waals surface area contributed by atoms with E-state index in [1.54, 1.807) is 20.3 Å². The molecule has 0 aliphatic heterocycles. The molecule has 0 rings (SSSR count). The molecule has 0 aromatic rings. The molecule has 0 radical (unpaired) electrons. The summed E-state index contributed by atoms with van der Waals surface area (Å²) in [5.74, 6) is 0.565. The summed E-state index contributed by atoms with van der Waals surface area (Å²) in [6.45, 7) is 0. The highest BCUT2D eigenvalue weighted by Crippen LogP contribution is 1.64. The average Bonchev–Trinajstić information content (AvgIpc) is 1.68. The van der Waals surface area contributed by atoms with Gasteiger partial charge >= 0.3 is 0 Å². The summed E-state index contributed by atoms with van der Waals surface area (Å²) < 4.78 is 0. The van der Waals surface area contributed by atoms with Crippen molar-refractivity contribution in [2.45, 2.75) is 0 Å². The second-order valence-corrected chi connectivity index (χ2v) is 1.26. The molecule has 8 heavy (non-hydrogen) atoms. The summed E-state index contributed by atoms with van der Waals surface area (Å²) in [7, 11) is 3.53.